The molecule has 3 aromatic rings. The lowest BCUT2D eigenvalue weighted by molar-refractivity contribution is 0.0724. The molecular formula is C22H24N6O2S2. The van der Waals surface area contributed by atoms with Crippen molar-refractivity contribution in [2.45, 2.75) is 43.2 Å². The van der Waals surface area contributed by atoms with E-state index in [1.165, 1.54) is 35.9 Å². The van der Waals surface area contributed by atoms with Crippen LogP contribution < -0.4 is 5.32 Å². The van der Waals surface area contributed by atoms with Crippen molar-refractivity contribution in [2.24, 2.45) is 5.92 Å². The molecule has 4 heterocycles. The summed E-state index contributed by atoms with van der Waals surface area (Å²) in [4.78, 5) is 36.6. The Kier molecular flexibility index (Phi) is 5.97. The van der Waals surface area contributed by atoms with E-state index in [0.717, 1.165) is 27.8 Å². The van der Waals surface area contributed by atoms with Gasteiger partial charge in [-0.2, -0.15) is 5.10 Å². The number of nitrogens with one attached hydrogen (secondary N) is 1. The minimum absolute atomic E-state index is 0.0954. The summed E-state index contributed by atoms with van der Waals surface area (Å²) in [5.41, 5.74) is 3.60. The second kappa shape index (κ2) is 9.03. The van der Waals surface area contributed by atoms with Gasteiger partial charge in [0.05, 0.1) is 18.8 Å². The highest BCUT2D eigenvalue weighted by molar-refractivity contribution is 8.00. The third-order valence-corrected chi connectivity index (χ3v) is 7.66. The average molecular weight is 469 g/mol. The number of carbonyl (C=O) groups excluding carboxylic acids is 2. The number of thioether (sulfide) groups is 1. The summed E-state index contributed by atoms with van der Waals surface area (Å²) in [5.74, 6) is 0.319. The minimum Gasteiger partial charge on any atom is -0.345 e. The first-order chi connectivity index (χ1) is 15.6. The van der Waals surface area contributed by atoms with Crippen LogP contribution in [0.1, 0.15) is 50.8 Å². The van der Waals surface area contributed by atoms with Crippen molar-refractivity contribution in [1.82, 2.24) is 30.0 Å². The van der Waals surface area contributed by atoms with Crippen LogP contribution >= 0.6 is 23.1 Å². The van der Waals surface area contributed by atoms with Crippen LogP contribution in [0.2, 0.25) is 0 Å². The van der Waals surface area contributed by atoms with E-state index in [1.807, 2.05) is 29.1 Å². The molecule has 0 saturated heterocycles. The molecule has 0 atom stereocenters. The molecule has 3 aromatic heterocycles. The molecule has 8 nitrogen and oxygen atoms in total. The molecule has 0 aromatic carbocycles. The highest BCUT2D eigenvalue weighted by Gasteiger charge is 2.33. The number of fused-ring (bicyclic) bond motifs is 1. The number of nitrogens with zero attached hydrogens (tertiary/aromatic N) is 5. The van der Waals surface area contributed by atoms with Gasteiger partial charge in [0, 0.05) is 42.3 Å². The maximum atomic E-state index is 13.1. The summed E-state index contributed by atoms with van der Waals surface area (Å²) < 4.78 is 2.87. The third-order valence-electron chi connectivity index (χ3n) is 5.80. The van der Waals surface area contributed by atoms with E-state index in [2.05, 4.69) is 15.3 Å². The molecule has 1 fully saturated rings. The molecule has 2 amide bonds. The average Bonchev–Trinajstić information content (AvgIpc) is 3.39. The first-order valence-corrected chi connectivity index (χ1v) is 12.8. The summed E-state index contributed by atoms with van der Waals surface area (Å²) in [6.07, 6.45) is 6.76. The fourth-order valence-electron chi connectivity index (χ4n) is 3.91. The Hall–Kier alpha value is -2.72. The summed E-state index contributed by atoms with van der Waals surface area (Å²) in [7, 11) is 0. The number of aromatic nitrogens is 4. The van der Waals surface area contributed by atoms with Crippen molar-refractivity contribution in [2.75, 3.05) is 12.8 Å². The van der Waals surface area contributed by atoms with Gasteiger partial charge in [-0.3, -0.25) is 19.3 Å². The van der Waals surface area contributed by atoms with E-state index >= 15 is 0 Å². The van der Waals surface area contributed by atoms with Crippen molar-refractivity contribution in [3.05, 3.63) is 58.1 Å². The van der Waals surface area contributed by atoms with Crippen LogP contribution in [-0.4, -0.2) is 49.3 Å². The second-order valence-electron chi connectivity index (χ2n) is 8.08. The fraction of sp³-hybridized carbons (Fsp3) is 0.409. The smallest absolute Gasteiger partial charge is 0.273 e. The van der Waals surface area contributed by atoms with Gasteiger partial charge in [-0.05, 0) is 37.1 Å². The molecule has 0 bridgehead atoms. The summed E-state index contributed by atoms with van der Waals surface area (Å²) in [6.45, 7) is 2.15. The Bertz CT molecular complexity index is 1140. The molecule has 2 aliphatic rings. The van der Waals surface area contributed by atoms with Crippen molar-refractivity contribution in [3.63, 3.8) is 0 Å². The van der Waals surface area contributed by atoms with Gasteiger partial charge in [0.2, 0.25) is 0 Å². The third kappa shape index (κ3) is 4.42. The number of rotatable bonds is 7. The van der Waals surface area contributed by atoms with Crippen molar-refractivity contribution in [1.29, 1.82) is 0 Å². The molecule has 32 heavy (non-hydrogen) atoms. The van der Waals surface area contributed by atoms with Crippen LogP contribution in [0.15, 0.2) is 34.1 Å². The van der Waals surface area contributed by atoms with Crippen LogP contribution in [0.25, 0.3) is 0 Å². The molecular weight excluding hydrogens is 444 g/mol. The molecule has 10 heteroatoms. The van der Waals surface area contributed by atoms with Gasteiger partial charge < -0.3 is 10.2 Å². The number of carbonyl (C=O) groups is 2. The van der Waals surface area contributed by atoms with E-state index in [9.17, 15) is 9.59 Å². The number of thiazole rings is 1. The topological polar surface area (TPSA) is 93.0 Å². The van der Waals surface area contributed by atoms with Crippen LogP contribution in [-0.2, 0) is 26.1 Å². The standard InChI is InChI=1S/C22H24N6O2S2/c1-31-22-25-17(13-32-22)21(30)27-9-7-18-16(12-27)19(26-28(18)11-14-5-6-14)20(29)24-10-15-4-2-3-8-23-15/h2-4,8,13-14H,5-7,9-12H2,1H3,(H,24,29). The number of hydrogen-bond donors (Lipinski definition) is 1. The zero-order chi connectivity index (χ0) is 22.1. The first-order valence-electron chi connectivity index (χ1n) is 10.7. The van der Waals surface area contributed by atoms with Gasteiger partial charge in [-0.1, -0.05) is 17.8 Å². The summed E-state index contributed by atoms with van der Waals surface area (Å²) in [5, 5.41) is 9.44. The largest absolute Gasteiger partial charge is 0.345 e. The maximum Gasteiger partial charge on any atom is 0.273 e. The van der Waals surface area contributed by atoms with E-state index in [-0.39, 0.29) is 11.8 Å². The van der Waals surface area contributed by atoms with E-state index < -0.39 is 0 Å². The molecule has 166 valence electrons. The summed E-state index contributed by atoms with van der Waals surface area (Å²) in [6, 6.07) is 5.61. The van der Waals surface area contributed by atoms with Crippen molar-refractivity contribution in [3.8, 4) is 0 Å². The quantitative estimate of drug-likeness (QED) is 0.536. The van der Waals surface area contributed by atoms with Gasteiger partial charge in [0.25, 0.3) is 11.8 Å². The Balaban J connectivity index is 1.37. The molecule has 0 unspecified atom stereocenters. The molecule has 0 spiro atoms. The second-order valence-corrected chi connectivity index (χ2v) is 9.99. The maximum absolute atomic E-state index is 13.1. The van der Waals surface area contributed by atoms with Crippen LogP contribution in [0, 0.1) is 5.92 Å². The fourth-order valence-corrected chi connectivity index (χ4v) is 5.15. The van der Waals surface area contributed by atoms with E-state index in [4.69, 9.17) is 5.10 Å². The number of hydrogen-bond acceptors (Lipinski definition) is 7. The molecule has 1 N–H and O–H groups in total. The zero-order valence-electron chi connectivity index (χ0n) is 17.8. The van der Waals surface area contributed by atoms with Gasteiger partial charge in [-0.15, -0.1) is 11.3 Å². The van der Waals surface area contributed by atoms with Gasteiger partial charge in [-0.25, -0.2) is 4.98 Å². The van der Waals surface area contributed by atoms with Crippen LogP contribution in [0.3, 0.4) is 0 Å². The number of amides is 2. The lowest BCUT2D eigenvalue weighted by Crippen LogP contribution is -2.37. The first kappa shape index (κ1) is 21.1. The highest BCUT2D eigenvalue weighted by Crippen LogP contribution is 2.33. The van der Waals surface area contributed by atoms with Crippen LogP contribution in [0.5, 0.6) is 0 Å². The van der Waals surface area contributed by atoms with E-state index in [1.54, 1.807) is 16.5 Å². The van der Waals surface area contributed by atoms with Crippen molar-refractivity contribution >= 4 is 34.9 Å². The highest BCUT2D eigenvalue weighted by atomic mass is 32.2. The van der Waals surface area contributed by atoms with Gasteiger partial charge in [0.1, 0.15) is 10.0 Å². The monoisotopic (exact) mass is 468 g/mol. The Morgan fingerprint density at radius 1 is 1.31 bits per heavy atom. The molecule has 0 radical (unpaired) electrons. The molecule has 1 aliphatic heterocycles. The number of pyridine rings is 1. The SMILES string of the molecule is CSc1nc(C(=O)N2CCc3c(c(C(=O)NCc4ccccn4)nn3CC3CC3)C2)cs1. The molecule has 1 saturated carbocycles. The van der Waals surface area contributed by atoms with Gasteiger partial charge >= 0.3 is 0 Å². The lowest BCUT2D eigenvalue weighted by atomic mass is 10.0. The molecule has 5 rings (SSSR count). The normalized spacial score (nSPS) is 15.5. The zero-order valence-corrected chi connectivity index (χ0v) is 19.4. The summed E-state index contributed by atoms with van der Waals surface area (Å²) >= 11 is 3.01. The predicted octanol–water partition coefficient (Wildman–Crippen LogP) is 3.00. The van der Waals surface area contributed by atoms with Crippen LogP contribution in [0.4, 0.5) is 0 Å². The Labute approximate surface area is 194 Å². The Morgan fingerprint density at radius 3 is 2.91 bits per heavy atom. The van der Waals surface area contributed by atoms with E-state index in [0.29, 0.717) is 43.4 Å². The van der Waals surface area contributed by atoms with Crippen molar-refractivity contribution < 1.29 is 9.59 Å². The Morgan fingerprint density at radius 2 is 2.19 bits per heavy atom. The lowest BCUT2D eigenvalue weighted by Gasteiger charge is -2.27. The van der Waals surface area contributed by atoms with Gasteiger partial charge in [0.15, 0.2) is 5.69 Å². The molecule has 1 aliphatic carbocycles. The minimum atomic E-state index is -0.228. The predicted molar refractivity (Wildman–Crippen MR) is 123 cm³/mol.